The molecule has 0 bridgehead atoms. The zero-order chi connectivity index (χ0) is 50.1. The Hall–Kier alpha value is -4.84. The molecule has 5 aliphatic rings. The number of likely N-dealkylation sites (tertiary alicyclic amines) is 1. The van der Waals surface area contributed by atoms with E-state index in [1.54, 1.807) is 16.2 Å². The minimum absolute atomic E-state index is 0.0132. The van der Waals surface area contributed by atoms with Crippen molar-refractivity contribution in [1.29, 1.82) is 0 Å². The number of aryl methyl sites for hydroxylation is 1. The van der Waals surface area contributed by atoms with Crippen LogP contribution in [-0.2, 0) is 30.4 Å². The fourth-order valence-corrected chi connectivity index (χ4v) is 11.8. The molecule has 3 saturated heterocycles. The van der Waals surface area contributed by atoms with E-state index in [0.717, 1.165) is 66.8 Å². The molecule has 5 amide bonds. The number of aliphatic hydroxyl groups is 2. The Kier molecular flexibility index (Phi) is 18.2. The number of carbonyl (C=O) groups is 5. The van der Waals surface area contributed by atoms with Gasteiger partial charge in [-0.25, -0.2) is 14.6 Å². The molecule has 10 atom stereocenters. The minimum Gasteiger partial charge on any atom is -0.462 e. The van der Waals surface area contributed by atoms with Crippen LogP contribution in [0.5, 0.6) is 0 Å². The molecule has 2 aliphatic carbocycles. The van der Waals surface area contributed by atoms with Crippen LogP contribution in [0.1, 0.15) is 110 Å². The zero-order valence-corrected chi connectivity index (χ0v) is 42.9. The molecule has 16 nitrogen and oxygen atoms in total. The third-order valence-corrected chi connectivity index (χ3v) is 15.9. The first-order chi connectivity index (χ1) is 33.4. The van der Waals surface area contributed by atoms with Crippen molar-refractivity contribution >= 4 is 41.2 Å². The van der Waals surface area contributed by atoms with Crippen LogP contribution in [0.25, 0.3) is 10.4 Å². The Bertz CT molecular complexity index is 2180. The van der Waals surface area contributed by atoms with Crippen LogP contribution >= 0.6 is 11.3 Å². The normalized spacial score (nSPS) is 27.5. The van der Waals surface area contributed by atoms with Crippen molar-refractivity contribution in [3.05, 3.63) is 64.8 Å². The third-order valence-electron chi connectivity index (χ3n) is 14.9. The van der Waals surface area contributed by atoms with Gasteiger partial charge < -0.3 is 45.4 Å². The number of fused-ring (bicyclic) bond motifs is 1. The van der Waals surface area contributed by atoms with Crippen molar-refractivity contribution in [2.45, 2.75) is 149 Å². The van der Waals surface area contributed by atoms with E-state index in [9.17, 15) is 34.2 Å². The molecule has 0 unspecified atom stereocenters. The highest BCUT2D eigenvalue weighted by atomic mass is 32.1. The molecule has 2 aromatic rings. The molecular weight excluding hydrogens is 911 g/mol. The van der Waals surface area contributed by atoms with Gasteiger partial charge in [0.25, 0.3) is 0 Å². The molecule has 17 heteroatoms. The maximum absolute atomic E-state index is 14.2. The Labute approximate surface area is 418 Å². The number of hydrogen-bond acceptors (Lipinski definition) is 12. The highest BCUT2D eigenvalue weighted by Crippen LogP contribution is 2.45. The molecule has 0 saturated carbocycles. The van der Waals surface area contributed by atoms with Gasteiger partial charge in [-0.1, -0.05) is 90.0 Å². The molecule has 1 aromatic heterocycles. The van der Waals surface area contributed by atoms with E-state index < -0.39 is 29.7 Å². The van der Waals surface area contributed by atoms with E-state index >= 15 is 0 Å². The number of allylic oxidation sites excluding steroid dienone is 3. The van der Waals surface area contributed by atoms with Gasteiger partial charge in [0.05, 0.1) is 34.7 Å². The molecule has 70 heavy (non-hydrogen) atoms. The van der Waals surface area contributed by atoms with Gasteiger partial charge in [0, 0.05) is 64.6 Å². The SMILES string of the molecule is Cc1ncsc1-c1ccc(CNC(=O)[C@@H]2C[C@@H](O)CN2C(=O)[C@@H](NC(=O)N2CCN(CCCCCCNC(=O)O[C@H]3C[C@@H](C)C=C4C=C[C@H](C)[C@H](CC[C@@H]5C[C@@H](O)CC(=O)O5)[C@H]43)CC2)C(C)(C)C)cc1. The maximum atomic E-state index is 14.2. The van der Waals surface area contributed by atoms with Crippen molar-refractivity contribution in [1.82, 2.24) is 35.6 Å². The van der Waals surface area contributed by atoms with Gasteiger partial charge in [-0.15, -0.1) is 11.3 Å². The van der Waals surface area contributed by atoms with Gasteiger partial charge >= 0.3 is 18.1 Å². The number of alkyl carbamates (subject to hydrolysis) is 1. The number of unbranched alkanes of at least 4 members (excludes halogenated alkanes) is 3. The lowest BCUT2D eigenvalue weighted by Crippen LogP contribution is -2.61. The number of cyclic esters (lactones) is 1. The summed E-state index contributed by atoms with van der Waals surface area (Å²) in [5.41, 5.74) is 5.31. The number of rotatable bonds is 17. The molecule has 4 heterocycles. The average molecular weight is 988 g/mol. The van der Waals surface area contributed by atoms with Gasteiger partial charge in [-0.2, -0.15) is 0 Å². The number of nitrogens with one attached hydrogen (secondary N) is 3. The van der Waals surface area contributed by atoms with Crippen LogP contribution in [0.3, 0.4) is 0 Å². The second kappa shape index (κ2) is 24.1. The summed E-state index contributed by atoms with van der Waals surface area (Å²) < 4.78 is 11.7. The van der Waals surface area contributed by atoms with Crippen LogP contribution in [-0.4, -0.2) is 142 Å². The van der Waals surface area contributed by atoms with Crippen LogP contribution in [0.15, 0.2) is 53.6 Å². The predicted molar refractivity (Wildman–Crippen MR) is 268 cm³/mol. The summed E-state index contributed by atoms with van der Waals surface area (Å²) in [6, 6.07) is 5.84. The minimum atomic E-state index is -0.909. The first-order valence-electron chi connectivity index (χ1n) is 25.7. The van der Waals surface area contributed by atoms with E-state index in [1.807, 2.05) is 57.5 Å². The lowest BCUT2D eigenvalue weighted by atomic mass is 9.65. The Morgan fingerprint density at radius 2 is 1.69 bits per heavy atom. The summed E-state index contributed by atoms with van der Waals surface area (Å²) in [5.74, 6) is -0.224. The summed E-state index contributed by atoms with van der Waals surface area (Å²) in [6.45, 7) is 16.2. The molecule has 5 N–H and O–H groups in total. The van der Waals surface area contributed by atoms with E-state index in [-0.39, 0.29) is 91.7 Å². The third kappa shape index (κ3) is 14.0. The molecule has 7 rings (SSSR count). The number of amides is 5. The van der Waals surface area contributed by atoms with Gasteiger partial charge in [0.15, 0.2) is 0 Å². The number of benzene rings is 1. The van der Waals surface area contributed by atoms with Gasteiger partial charge in [0.2, 0.25) is 11.8 Å². The van der Waals surface area contributed by atoms with Crippen molar-refractivity contribution in [3.63, 3.8) is 0 Å². The summed E-state index contributed by atoms with van der Waals surface area (Å²) >= 11 is 1.58. The zero-order valence-electron chi connectivity index (χ0n) is 42.1. The number of aliphatic hydroxyl groups excluding tert-OH is 2. The Morgan fingerprint density at radius 3 is 2.39 bits per heavy atom. The van der Waals surface area contributed by atoms with Gasteiger partial charge in [0.1, 0.15) is 24.3 Å². The lowest BCUT2D eigenvalue weighted by Gasteiger charge is -2.43. The number of piperazine rings is 1. The molecule has 1 aromatic carbocycles. The largest absolute Gasteiger partial charge is 0.462 e. The average Bonchev–Trinajstić information content (AvgIpc) is 3.93. The molecule has 384 valence electrons. The highest BCUT2D eigenvalue weighted by molar-refractivity contribution is 7.13. The van der Waals surface area contributed by atoms with Crippen molar-refractivity contribution in [2.24, 2.45) is 29.1 Å². The quantitative estimate of drug-likeness (QED) is 0.0874. The fraction of sp³-hybridized carbons (Fsp3) is 0.660. The number of esters is 1. The summed E-state index contributed by atoms with van der Waals surface area (Å²) in [7, 11) is 0. The number of nitrogens with zero attached hydrogens (tertiary/aromatic N) is 4. The van der Waals surface area contributed by atoms with Crippen molar-refractivity contribution in [3.8, 4) is 10.4 Å². The lowest BCUT2D eigenvalue weighted by molar-refractivity contribution is -0.160. The number of aromatic nitrogens is 1. The number of ether oxygens (including phenoxy) is 2. The molecule has 3 fully saturated rings. The van der Waals surface area contributed by atoms with Gasteiger partial charge in [-0.3, -0.25) is 19.3 Å². The summed E-state index contributed by atoms with van der Waals surface area (Å²) in [6.07, 6.45) is 10.9. The van der Waals surface area contributed by atoms with E-state index in [4.69, 9.17) is 9.47 Å². The van der Waals surface area contributed by atoms with Crippen LogP contribution in [0.2, 0.25) is 0 Å². The van der Waals surface area contributed by atoms with Crippen molar-refractivity contribution < 1.29 is 43.7 Å². The monoisotopic (exact) mass is 988 g/mol. The molecule has 0 radical (unpaired) electrons. The summed E-state index contributed by atoms with van der Waals surface area (Å²) in [5, 5.41) is 29.7. The van der Waals surface area contributed by atoms with Crippen LogP contribution in [0, 0.1) is 36.0 Å². The smallest absolute Gasteiger partial charge is 0.407 e. The molecule has 3 aliphatic heterocycles. The van der Waals surface area contributed by atoms with Gasteiger partial charge in [-0.05, 0) is 85.4 Å². The summed E-state index contributed by atoms with van der Waals surface area (Å²) in [4.78, 5) is 77.5. The van der Waals surface area contributed by atoms with E-state index in [2.05, 4.69) is 57.9 Å². The molecular formula is C53H77N7O9S. The first-order valence-corrected chi connectivity index (χ1v) is 26.6. The standard InChI is InChI=1S/C53H77N7O9S/c1-33-25-38-14-11-34(2)42(18-17-41-27-39(61)29-45(63)68-41)46(38)44(26-33)69-52(67)54-19-9-7-8-10-20-58-21-23-59(24-22-58)51(66)57-48(53(4,5)6)50(65)60-31-40(62)28-43(60)49(64)55-30-36-12-15-37(16-13-36)47-35(3)56-32-70-47/h11-16,25,32-34,39-44,46,48,61-62H,7-10,17-24,26-31H2,1-6H3,(H,54,67)(H,55,64)(H,57,66)/t33-,34-,39+,40+,41+,42-,43-,44-,46-,48+/m0/s1. The molecule has 0 spiro atoms. The Balaban J connectivity index is 0.791. The number of hydrogen-bond donors (Lipinski definition) is 5. The number of urea groups is 1. The second-order valence-corrected chi connectivity index (χ2v) is 22.4. The van der Waals surface area contributed by atoms with E-state index in [1.165, 1.54) is 10.5 Å². The fourth-order valence-electron chi connectivity index (χ4n) is 11.0. The highest BCUT2D eigenvalue weighted by Gasteiger charge is 2.46. The topological polar surface area (TPSA) is 203 Å². The number of β-amino-alcohol motifs (C(OH)–C–C–N with tert-alkyl or cyclic N) is 1. The number of carbonyl (C=O) groups excluding carboxylic acids is 5. The Morgan fingerprint density at radius 1 is 0.943 bits per heavy atom. The van der Waals surface area contributed by atoms with Crippen LogP contribution in [0.4, 0.5) is 9.59 Å². The van der Waals surface area contributed by atoms with E-state index in [0.29, 0.717) is 45.6 Å². The van der Waals surface area contributed by atoms with Crippen molar-refractivity contribution in [2.75, 3.05) is 45.8 Å². The second-order valence-electron chi connectivity index (χ2n) is 21.5. The van der Waals surface area contributed by atoms with Crippen LogP contribution < -0.4 is 16.0 Å². The first kappa shape index (κ1) is 53.0. The maximum Gasteiger partial charge on any atom is 0.407 e. The predicted octanol–water partition coefficient (Wildman–Crippen LogP) is 6.34. The number of thiazole rings is 1.